The molecule has 176 valence electrons. The van der Waals surface area contributed by atoms with E-state index in [2.05, 4.69) is 5.32 Å². The Morgan fingerprint density at radius 1 is 1.00 bits per heavy atom. The maximum atomic E-state index is 12.3. The lowest BCUT2D eigenvalue weighted by Crippen LogP contribution is -2.36. The van der Waals surface area contributed by atoms with Crippen molar-refractivity contribution in [1.82, 2.24) is 5.32 Å². The number of benzene rings is 3. The first-order valence-corrected chi connectivity index (χ1v) is 10.8. The fraction of sp³-hybridized carbons (Fsp3) is 0.231. The Morgan fingerprint density at radius 3 is 2.24 bits per heavy atom. The molecule has 34 heavy (non-hydrogen) atoms. The summed E-state index contributed by atoms with van der Waals surface area (Å²) in [6, 6.07) is 20.3. The maximum absolute atomic E-state index is 12.3. The van der Waals surface area contributed by atoms with Crippen molar-refractivity contribution in [2.75, 3.05) is 26.0 Å². The van der Waals surface area contributed by atoms with E-state index >= 15 is 0 Å². The van der Waals surface area contributed by atoms with Gasteiger partial charge in [-0.1, -0.05) is 54.6 Å². The third kappa shape index (κ3) is 4.59. The topological polar surface area (TPSA) is 131 Å². The van der Waals surface area contributed by atoms with Crippen LogP contribution >= 0.6 is 0 Å². The molecule has 0 aromatic heterocycles. The Morgan fingerprint density at radius 2 is 1.62 bits per heavy atom. The zero-order valence-corrected chi connectivity index (χ0v) is 18.6. The lowest BCUT2D eigenvalue weighted by molar-refractivity contribution is 0.0172. The lowest BCUT2D eigenvalue weighted by Gasteiger charge is -2.21. The molecule has 3 aromatic rings. The van der Waals surface area contributed by atoms with Crippen molar-refractivity contribution in [2.24, 2.45) is 0 Å². The van der Waals surface area contributed by atoms with Crippen LogP contribution in [0, 0.1) is 0 Å². The van der Waals surface area contributed by atoms with E-state index in [-0.39, 0.29) is 30.2 Å². The molecular formula is C26H26N2O6. The van der Waals surface area contributed by atoms with Crippen LogP contribution in [-0.4, -0.2) is 48.6 Å². The normalized spacial score (nSPS) is 14.0. The van der Waals surface area contributed by atoms with Gasteiger partial charge in [0.25, 0.3) is 0 Å². The number of carbonyl (C=O) groups excluding carboxylic acids is 2. The third-order valence-corrected chi connectivity index (χ3v) is 5.96. The number of carbonyl (C=O) groups is 2. The number of hydrogen-bond donors (Lipinski definition) is 4. The van der Waals surface area contributed by atoms with Crippen LogP contribution < -0.4 is 11.1 Å². The number of methoxy groups -OCH3 is 1. The molecule has 0 spiro atoms. The van der Waals surface area contributed by atoms with Crippen molar-refractivity contribution in [3.05, 3.63) is 89.0 Å². The number of nitrogens with one attached hydrogen (secondary N) is 1. The highest BCUT2D eigenvalue weighted by molar-refractivity contribution is 5.92. The number of aliphatic hydroxyl groups is 2. The van der Waals surface area contributed by atoms with E-state index in [1.807, 2.05) is 48.5 Å². The van der Waals surface area contributed by atoms with E-state index in [0.717, 1.165) is 22.3 Å². The summed E-state index contributed by atoms with van der Waals surface area (Å²) < 4.78 is 10.2. The summed E-state index contributed by atoms with van der Waals surface area (Å²) in [5.74, 6) is -0.788. The highest BCUT2D eigenvalue weighted by atomic mass is 16.5. The molecule has 8 nitrogen and oxygen atoms in total. The molecule has 2 unspecified atom stereocenters. The van der Waals surface area contributed by atoms with Crippen molar-refractivity contribution < 1.29 is 29.3 Å². The Kier molecular flexibility index (Phi) is 6.81. The minimum Gasteiger partial charge on any atom is -0.465 e. The number of fused-ring (bicyclic) bond motifs is 3. The van der Waals surface area contributed by atoms with Crippen molar-refractivity contribution in [2.45, 2.75) is 18.1 Å². The van der Waals surface area contributed by atoms with Crippen molar-refractivity contribution in [1.29, 1.82) is 0 Å². The minimum absolute atomic E-state index is 0.0372. The predicted octanol–water partition coefficient (Wildman–Crippen LogP) is 2.99. The van der Waals surface area contributed by atoms with Crippen molar-refractivity contribution >= 4 is 17.7 Å². The molecule has 0 bridgehead atoms. The third-order valence-electron chi connectivity index (χ3n) is 5.96. The number of nitrogen functional groups attached to an aromatic ring is 1. The zero-order chi connectivity index (χ0) is 24.2. The van der Waals surface area contributed by atoms with Crippen LogP contribution in [0.3, 0.4) is 0 Å². The van der Waals surface area contributed by atoms with Crippen molar-refractivity contribution in [3.63, 3.8) is 0 Å². The smallest absolute Gasteiger partial charge is 0.407 e. The summed E-state index contributed by atoms with van der Waals surface area (Å²) in [4.78, 5) is 24.3. The molecule has 0 fully saturated rings. The summed E-state index contributed by atoms with van der Waals surface area (Å²) in [7, 11) is 1.21. The molecule has 0 aliphatic heterocycles. The van der Waals surface area contributed by atoms with Gasteiger partial charge in [0, 0.05) is 18.2 Å². The average Bonchev–Trinajstić information content (AvgIpc) is 3.18. The van der Waals surface area contributed by atoms with Gasteiger partial charge in [-0.25, -0.2) is 9.59 Å². The second-order valence-electron chi connectivity index (χ2n) is 8.06. The van der Waals surface area contributed by atoms with Gasteiger partial charge in [-0.3, -0.25) is 0 Å². The van der Waals surface area contributed by atoms with Gasteiger partial charge < -0.3 is 30.7 Å². The Hall–Kier alpha value is -3.88. The maximum Gasteiger partial charge on any atom is 0.407 e. The van der Waals surface area contributed by atoms with Crippen LogP contribution in [0.2, 0.25) is 0 Å². The van der Waals surface area contributed by atoms with Gasteiger partial charge in [0.05, 0.1) is 12.7 Å². The molecule has 8 heteroatoms. The quantitative estimate of drug-likeness (QED) is 0.314. The van der Waals surface area contributed by atoms with Gasteiger partial charge in [-0.2, -0.15) is 0 Å². The van der Waals surface area contributed by atoms with Gasteiger partial charge in [0.2, 0.25) is 0 Å². The molecule has 1 aliphatic rings. The Bertz CT molecular complexity index is 1170. The number of anilines is 1. The molecule has 0 heterocycles. The molecule has 4 rings (SSSR count). The van der Waals surface area contributed by atoms with Gasteiger partial charge in [0.1, 0.15) is 18.8 Å². The molecule has 0 saturated heterocycles. The minimum atomic E-state index is -1.46. The van der Waals surface area contributed by atoms with Gasteiger partial charge >= 0.3 is 12.1 Å². The van der Waals surface area contributed by atoms with Crippen LogP contribution in [0.4, 0.5) is 10.5 Å². The molecule has 1 amide bonds. The fourth-order valence-electron chi connectivity index (χ4n) is 4.27. The standard InChI is InChI=1S/C26H26N2O6/c1-33-25(31)21-12-15(27)10-11-20(21)24(30)23(29)13-28-26(32)34-14-22-18-8-4-2-6-16(18)17-7-3-5-9-19(17)22/h2-12,22-24,29-30H,13-14,27H2,1H3,(H,28,32). The zero-order valence-electron chi connectivity index (χ0n) is 18.6. The van der Waals surface area contributed by atoms with Gasteiger partial charge in [-0.15, -0.1) is 0 Å². The van der Waals surface area contributed by atoms with Crippen LogP contribution in [-0.2, 0) is 9.47 Å². The second kappa shape index (κ2) is 9.94. The summed E-state index contributed by atoms with van der Waals surface area (Å²) in [6.07, 6.45) is -3.57. The summed E-state index contributed by atoms with van der Waals surface area (Å²) in [6.45, 7) is -0.161. The number of esters is 1. The number of amides is 1. The number of aliphatic hydroxyl groups excluding tert-OH is 2. The molecule has 3 aromatic carbocycles. The van der Waals surface area contributed by atoms with Crippen LogP contribution in [0.1, 0.15) is 39.1 Å². The lowest BCUT2D eigenvalue weighted by atomic mass is 9.98. The molecule has 5 N–H and O–H groups in total. The highest BCUT2D eigenvalue weighted by Crippen LogP contribution is 2.44. The molecule has 0 radical (unpaired) electrons. The van der Waals surface area contributed by atoms with E-state index in [0.29, 0.717) is 5.69 Å². The molecule has 2 atom stereocenters. The van der Waals surface area contributed by atoms with Gasteiger partial charge in [-0.05, 0) is 39.9 Å². The Labute approximate surface area is 196 Å². The summed E-state index contributed by atoms with van der Waals surface area (Å²) in [5.41, 5.74) is 10.6. The average molecular weight is 463 g/mol. The second-order valence-corrected chi connectivity index (χ2v) is 8.06. The first kappa shape index (κ1) is 23.3. The number of nitrogens with two attached hydrogens (primary N) is 1. The van der Waals surface area contributed by atoms with E-state index in [1.54, 1.807) is 0 Å². The monoisotopic (exact) mass is 462 g/mol. The highest BCUT2D eigenvalue weighted by Gasteiger charge is 2.29. The largest absolute Gasteiger partial charge is 0.465 e. The van der Waals surface area contributed by atoms with Crippen molar-refractivity contribution in [3.8, 4) is 11.1 Å². The first-order chi connectivity index (χ1) is 16.4. The number of rotatable bonds is 7. The molecular weight excluding hydrogens is 436 g/mol. The van der Waals surface area contributed by atoms with E-state index in [4.69, 9.17) is 15.2 Å². The fourth-order valence-corrected chi connectivity index (χ4v) is 4.27. The van der Waals surface area contributed by atoms with Crippen LogP contribution in [0.25, 0.3) is 11.1 Å². The van der Waals surface area contributed by atoms with E-state index < -0.39 is 24.3 Å². The van der Waals surface area contributed by atoms with E-state index in [9.17, 15) is 19.8 Å². The number of alkyl carbamates (subject to hydrolysis) is 1. The summed E-state index contributed by atoms with van der Waals surface area (Å²) in [5, 5.41) is 23.4. The number of ether oxygens (including phenoxy) is 2. The van der Waals surface area contributed by atoms with Crippen LogP contribution in [0.5, 0.6) is 0 Å². The number of hydrogen-bond acceptors (Lipinski definition) is 7. The van der Waals surface area contributed by atoms with E-state index in [1.165, 1.54) is 25.3 Å². The SMILES string of the molecule is COC(=O)c1cc(N)ccc1C(O)C(O)CNC(=O)OCC1c2ccccc2-c2ccccc21. The predicted molar refractivity (Wildman–Crippen MR) is 126 cm³/mol. The molecule has 0 saturated carbocycles. The Balaban J connectivity index is 1.37. The first-order valence-electron chi connectivity index (χ1n) is 10.8. The van der Waals surface area contributed by atoms with Gasteiger partial charge in [0.15, 0.2) is 0 Å². The molecule has 1 aliphatic carbocycles. The summed E-state index contributed by atoms with van der Waals surface area (Å²) >= 11 is 0. The van der Waals surface area contributed by atoms with Crippen LogP contribution in [0.15, 0.2) is 66.7 Å².